The third kappa shape index (κ3) is 5.39. The monoisotopic (exact) mass is 266 g/mol. The molecule has 0 aliphatic heterocycles. The second-order valence-electron chi connectivity index (χ2n) is 3.91. The maximum Gasteiger partial charge on any atom is 0.325 e. The molecule has 0 bridgehead atoms. The summed E-state index contributed by atoms with van der Waals surface area (Å²) in [7, 11) is 0. The highest BCUT2D eigenvalue weighted by atomic mass is 16.5. The van der Waals surface area contributed by atoms with Gasteiger partial charge >= 0.3 is 12.0 Å². The SMILES string of the molecule is CCOC(=O)CNC(=O)Nc1ccc(C(C)O)cc1. The molecule has 0 aliphatic carbocycles. The Morgan fingerprint density at radius 3 is 2.47 bits per heavy atom. The molecule has 1 rings (SSSR count). The number of ether oxygens (including phenoxy) is 1. The van der Waals surface area contributed by atoms with Crippen molar-refractivity contribution in [3.63, 3.8) is 0 Å². The first kappa shape index (κ1) is 15.0. The Bertz CT molecular complexity index is 429. The first-order chi connectivity index (χ1) is 9.02. The highest BCUT2D eigenvalue weighted by molar-refractivity contribution is 5.91. The molecule has 19 heavy (non-hydrogen) atoms. The van der Waals surface area contributed by atoms with Gasteiger partial charge in [-0.25, -0.2) is 4.79 Å². The molecule has 0 saturated heterocycles. The first-order valence-corrected chi connectivity index (χ1v) is 6.01. The standard InChI is InChI=1S/C13H18N2O4/c1-3-19-12(17)8-14-13(18)15-11-6-4-10(5-7-11)9(2)16/h4-7,9,16H,3,8H2,1-2H3,(H2,14,15,18). The molecule has 0 fully saturated rings. The summed E-state index contributed by atoms with van der Waals surface area (Å²) in [5, 5.41) is 14.3. The summed E-state index contributed by atoms with van der Waals surface area (Å²) >= 11 is 0. The van der Waals surface area contributed by atoms with E-state index in [0.29, 0.717) is 5.69 Å². The molecule has 0 spiro atoms. The van der Waals surface area contributed by atoms with Gasteiger partial charge in [0.2, 0.25) is 0 Å². The van der Waals surface area contributed by atoms with Gasteiger partial charge in [-0.1, -0.05) is 12.1 Å². The third-order valence-corrected chi connectivity index (χ3v) is 2.35. The van der Waals surface area contributed by atoms with Crippen LogP contribution in [0.2, 0.25) is 0 Å². The van der Waals surface area contributed by atoms with E-state index in [-0.39, 0.29) is 13.2 Å². The van der Waals surface area contributed by atoms with E-state index >= 15 is 0 Å². The van der Waals surface area contributed by atoms with Gasteiger partial charge in [0.15, 0.2) is 0 Å². The molecule has 1 unspecified atom stereocenters. The van der Waals surface area contributed by atoms with E-state index < -0.39 is 18.1 Å². The zero-order valence-electron chi connectivity index (χ0n) is 11.0. The van der Waals surface area contributed by atoms with E-state index in [1.165, 1.54) is 0 Å². The molecular formula is C13H18N2O4. The summed E-state index contributed by atoms with van der Waals surface area (Å²) in [5.74, 6) is -0.484. The Hall–Kier alpha value is -2.08. The fraction of sp³-hybridized carbons (Fsp3) is 0.385. The quantitative estimate of drug-likeness (QED) is 0.703. The second kappa shape index (κ2) is 7.38. The first-order valence-electron chi connectivity index (χ1n) is 6.01. The number of anilines is 1. The average Bonchev–Trinajstić information content (AvgIpc) is 2.37. The van der Waals surface area contributed by atoms with E-state index in [4.69, 9.17) is 0 Å². The minimum absolute atomic E-state index is 0.175. The van der Waals surface area contributed by atoms with Crippen LogP contribution in [0.1, 0.15) is 25.5 Å². The number of aliphatic hydroxyl groups excluding tert-OH is 1. The molecule has 0 aliphatic rings. The zero-order chi connectivity index (χ0) is 14.3. The Morgan fingerprint density at radius 2 is 1.95 bits per heavy atom. The molecule has 1 atom stereocenters. The summed E-state index contributed by atoms with van der Waals surface area (Å²) in [6, 6.07) is 6.28. The van der Waals surface area contributed by atoms with E-state index in [0.717, 1.165) is 5.56 Å². The largest absolute Gasteiger partial charge is 0.465 e. The van der Waals surface area contributed by atoms with Crippen LogP contribution >= 0.6 is 0 Å². The van der Waals surface area contributed by atoms with Gasteiger partial charge in [0.25, 0.3) is 0 Å². The number of hydrogen-bond acceptors (Lipinski definition) is 4. The van der Waals surface area contributed by atoms with E-state index in [1.807, 2.05) is 0 Å². The van der Waals surface area contributed by atoms with Crippen molar-refractivity contribution in [2.24, 2.45) is 0 Å². The van der Waals surface area contributed by atoms with Crippen molar-refractivity contribution in [1.29, 1.82) is 0 Å². The predicted molar refractivity (Wildman–Crippen MR) is 70.7 cm³/mol. The van der Waals surface area contributed by atoms with Gasteiger partial charge in [-0.15, -0.1) is 0 Å². The van der Waals surface area contributed by atoms with Gasteiger partial charge in [0.1, 0.15) is 6.54 Å². The van der Waals surface area contributed by atoms with Gasteiger partial charge < -0.3 is 20.5 Å². The topological polar surface area (TPSA) is 87.7 Å². The minimum Gasteiger partial charge on any atom is -0.465 e. The van der Waals surface area contributed by atoms with Crippen LogP contribution in [0, 0.1) is 0 Å². The lowest BCUT2D eigenvalue weighted by molar-refractivity contribution is -0.141. The number of aliphatic hydroxyl groups is 1. The molecule has 6 nitrogen and oxygen atoms in total. The van der Waals surface area contributed by atoms with Crippen LogP contribution in [0.15, 0.2) is 24.3 Å². The van der Waals surface area contributed by atoms with Crippen molar-refractivity contribution >= 4 is 17.7 Å². The highest BCUT2D eigenvalue weighted by Gasteiger charge is 2.06. The van der Waals surface area contributed by atoms with Gasteiger partial charge in [-0.3, -0.25) is 4.79 Å². The lowest BCUT2D eigenvalue weighted by Gasteiger charge is -2.09. The molecule has 0 aromatic heterocycles. The average molecular weight is 266 g/mol. The molecule has 2 amide bonds. The van der Waals surface area contributed by atoms with E-state index in [2.05, 4.69) is 15.4 Å². The van der Waals surface area contributed by atoms with Crippen LogP contribution in [0.5, 0.6) is 0 Å². The predicted octanol–water partition coefficient (Wildman–Crippen LogP) is 1.42. The smallest absolute Gasteiger partial charge is 0.325 e. The molecule has 1 aromatic carbocycles. The van der Waals surface area contributed by atoms with Crippen LogP contribution in [0.25, 0.3) is 0 Å². The van der Waals surface area contributed by atoms with Crippen LogP contribution in [0.4, 0.5) is 10.5 Å². The summed E-state index contributed by atoms with van der Waals surface area (Å²) < 4.78 is 4.68. The minimum atomic E-state index is -0.549. The molecule has 3 N–H and O–H groups in total. The third-order valence-electron chi connectivity index (χ3n) is 2.35. The Balaban J connectivity index is 2.42. The number of hydrogen-bond donors (Lipinski definition) is 3. The van der Waals surface area contributed by atoms with Gasteiger partial charge in [0.05, 0.1) is 12.7 Å². The second-order valence-corrected chi connectivity index (χ2v) is 3.91. The van der Waals surface area contributed by atoms with E-state index in [9.17, 15) is 14.7 Å². The number of esters is 1. The van der Waals surface area contributed by atoms with Crippen molar-refractivity contribution < 1.29 is 19.4 Å². The van der Waals surface area contributed by atoms with Crippen molar-refractivity contribution in [1.82, 2.24) is 5.32 Å². The summed E-state index contributed by atoms with van der Waals surface area (Å²) in [5.41, 5.74) is 1.34. The zero-order valence-corrected chi connectivity index (χ0v) is 11.0. The lowest BCUT2D eigenvalue weighted by atomic mass is 10.1. The fourth-order valence-corrected chi connectivity index (χ4v) is 1.38. The van der Waals surface area contributed by atoms with Crippen LogP contribution in [-0.4, -0.2) is 30.3 Å². The molecule has 0 radical (unpaired) electrons. The van der Waals surface area contributed by atoms with Crippen LogP contribution in [0.3, 0.4) is 0 Å². The number of benzene rings is 1. The lowest BCUT2D eigenvalue weighted by Crippen LogP contribution is -2.34. The number of urea groups is 1. The number of nitrogens with one attached hydrogen (secondary N) is 2. The molecular weight excluding hydrogens is 248 g/mol. The van der Waals surface area contributed by atoms with Crippen LogP contribution in [-0.2, 0) is 9.53 Å². The van der Waals surface area contributed by atoms with Crippen molar-refractivity contribution in [3.05, 3.63) is 29.8 Å². The van der Waals surface area contributed by atoms with Gasteiger partial charge in [-0.05, 0) is 31.5 Å². The maximum absolute atomic E-state index is 11.5. The van der Waals surface area contributed by atoms with Crippen molar-refractivity contribution in [2.45, 2.75) is 20.0 Å². The number of rotatable bonds is 5. The maximum atomic E-state index is 11.5. The normalized spacial score (nSPS) is 11.5. The molecule has 0 saturated carbocycles. The highest BCUT2D eigenvalue weighted by Crippen LogP contribution is 2.15. The molecule has 0 heterocycles. The molecule has 6 heteroatoms. The van der Waals surface area contributed by atoms with E-state index in [1.54, 1.807) is 38.1 Å². The summed E-state index contributed by atoms with van der Waals surface area (Å²) in [6.45, 7) is 3.46. The Kier molecular flexibility index (Phi) is 5.81. The Labute approximate surface area is 111 Å². The number of carbonyl (C=O) groups excluding carboxylic acids is 2. The van der Waals surface area contributed by atoms with Crippen molar-refractivity contribution in [2.75, 3.05) is 18.5 Å². The number of amides is 2. The Morgan fingerprint density at radius 1 is 1.32 bits per heavy atom. The van der Waals surface area contributed by atoms with Gasteiger partial charge in [0, 0.05) is 5.69 Å². The number of carbonyl (C=O) groups is 2. The summed E-state index contributed by atoms with van der Waals surface area (Å²) in [4.78, 5) is 22.5. The fourth-order valence-electron chi connectivity index (χ4n) is 1.38. The van der Waals surface area contributed by atoms with Gasteiger partial charge in [-0.2, -0.15) is 0 Å². The molecule has 1 aromatic rings. The van der Waals surface area contributed by atoms with Crippen LogP contribution < -0.4 is 10.6 Å². The molecule has 104 valence electrons. The summed E-state index contributed by atoms with van der Waals surface area (Å²) in [6.07, 6.45) is -0.549. The van der Waals surface area contributed by atoms with Crippen molar-refractivity contribution in [3.8, 4) is 0 Å².